The molecule has 1 aromatic rings. The zero-order chi connectivity index (χ0) is 16.2. The fourth-order valence-corrected chi connectivity index (χ4v) is 3.29. The molecule has 6 heteroatoms. The molecule has 0 radical (unpaired) electrons. The van der Waals surface area contributed by atoms with Crippen molar-refractivity contribution in [2.24, 2.45) is 5.73 Å². The molecule has 0 aromatic heterocycles. The van der Waals surface area contributed by atoms with Gasteiger partial charge in [-0.05, 0) is 31.4 Å². The molecule has 3 atom stereocenters. The molecular formula is C17H25N3O3. The van der Waals surface area contributed by atoms with E-state index in [0.29, 0.717) is 6.54 Å². The lowest BCUT2D eigenvalue weighted by molar-refractivity contribution is -0.132. The minimum absolute atomic E-state index is 0.00144. The van der Waals surface area contributed by atoms with Crippen LogP contribution in [0.2, 0.25) is 0 Å². The number of carbonyl (C=O) groups excluding carboxylic acids is 1. The summed E-state index contributed by atoms with van der Waals surface area (Å²) in [5.41, 5.74) is 6.72. The first-order chi connectivity index (χ1) is 11.2. The highest BCUT2D eigenvalue weighted by molar-refractivity contribution is 5.81. The van der Waals surface area contributed by atoms with Crippen LogP contribution in [-0.4, -0.2) is 50.9 Å². The Morgan fingerprint density at radius 3 is 3.04 bits per heavy atom. The Labute approximate surface area is 136 Å². The molecule has 1 aromatic carbocycles. The monoisotopic (exact) mass is 319 g/mol. The number of anilines is 1. The van der Waals surface area contributed by atoms with Crippen molar-refractivity contribution in [3.8, 4) is 5.75 Å². The van der Waals surface area contributed by atoms with Gasteiger partial charge in [-0.3, -0.25) is 4.79 Å². The number of benzene rings is 1. The Hall–Kier alpha value is -1.79. The van der Waals surface area contributed by atoms with Gasteiger partial charge in [0.1, 0.15) is 11.9 Å². The average Bonchev–Trinajstić information content (AvgIpc) is 3.24. The van der Waals surface area contributed by atoms with Gasteiger partial charge in [-0.2, -0.15) is 0 Å². The maximum absolute atomic E-state index is 12.3. The Morgan fingerprint density at radius 1 is 1.43 bits per heavy atom. The van der Waals surface area contributed by atoms with Gasteiger partial charge in [-0.15, -0.1) is 0 Å². The van der Waals surface area contributed by atoms with E-state index in [1.807, 2.05) is 18.2 Å². The van der Waals surface area contributed by atoms with Gasteiger partial charge in [-0.25, -0.2) is 0 Å². The van der Waals surface area contributed by atoms with E-state index in [-0.39, 0.29) is 24.2 Å². The number of rotatable bonds is 5. The highest BCUT2D eigenvalue weighted by Gasteiger charge is 2.32. The van der Waals surface area contributed by atoms with Crippen LogP contribution in [0.15, 0.2) is 24.3 Å². The SMILES string of the molecule is COc1cccc(N2CCC(NC(=O)[C@@H]3CC[C@H](CN)O3)C2)c1. The Morgan fingerprint density at radius 2 is 2.30 bits per heavy atom. The van der Waals surface area contributed by atoms with Gasteiger partial charge in [0, 0.05) is 37.4 Å². The highest BCUT2D eigenvalue weighted by Crippen LogP contribution is 2.25. The smallest absolute Gasteiger partial charge is 0.249 e. The summed E-state index contributed by atoms with van der Waals surface area (Å²) in [7, 11) is 1.67. The molecule has 0 aliphatic carbocycles. The van der Waals surface area contributed by atoms with Crippen molar-refractivity contribution in [1.29, 1.82) is 0 Å². The van der Waals surface area contributed by atoms with Crippen molar-refractivity contribution >= 4 is 11.6 Å². The van der Waals surface area contributed by atoms with Gasteiger partial charge in [0.2, 0.25) is 5.91 Å². The van der Waals surface area contributed by atoms with Crippen molar-refractivity contribution in [2.45, 2.75) is 37.5 Å². The summed E-state index contributed by atoms with van der Waals surface area (Å²) in [6, 6.07) is 8.17. The maximum Gasteiger partial charge on any atom is 0.249 e. The lowest BCUT2D eigenvalue weighted by Crippen LogP contribution is -2.43. The number of methoxy groups -OCH3 is 1. The summed E-state index contributed by atoms with van der Waals surface area (Å²) in [6.45, 7) is 2.22. The van der Waals surface area contributed by atoms with E-state index in [9.17, 15) is 4.79 Å². The molecule has 2 heterocycles. The molecule has 2 aliphatic heterocycles. The number of carbonyl (C=O) groups is 1. The molecule has 23 heavy (non-hydrogen) atoms. The number of nitrogens with two attached hydrogens (primary N) is 1. The Bertz CT molecular complexity index is 552. The number of nitrogens with one attached hydrogen (secondary N) is 1. The topological polar surface area (TPSA) is 76.8 Å². The fraction of sp³-hybridized carbons (Fsp3) is 0.588. The van der Waals surface area contributed by atoms with E-state index < -0.39 is 0 Å². The molecule has 3 rings (SSSR count). The summed E-state index contributed by atoms with van der Waals surface area (Å²) < 4.78 is 10.9. The normalized spacial score (nSPS) is 27.2. The Balaban J connectivity index is 1.52. The van der Waals surface area contributed by atoms with Crippen molar-refractivity contribution in [1.82, 2.24) is 5.32 Å². The second-order valence-corrected chi connectivity index (χ2v) is 6.20. The molecule has 3 N–H and O–H groups in total. The first-order valence-corrected chi connectivity index (χ1v) is 8.24. The fourth-order valence-electron chi connectivity index (χ4n) is 3.29. The number of ether oxygens (including phenoxy) is 2. The second kappa shape index (κ2) is 7.19. The first-order valence-electron chi connectivity index (χ1n) is 8.24. The number of hydrogen-bond donors (Lipinski definition) is 2. The zero-order valence-electron chi connectivity index (χ0n) is 13.5. The van der Waals surface area contributed by atoms with Gasteiger partial charge in [-0.1, -0.05) is 6.07 Å². The third-order valence-corrected chi connectivity index (χ3v) is 4.62. The van der Waals surface area contributed by atoms with E-state index in [4.69, 9.17) is 15.2 Å². The van der Waals surface area contributed by atoms with Crippen molar-refractivity contribution in [3.63, 3.8) is 0 Å². The van der Waals surface area contributed by atoms with Crippen molar-refractivity contribution in [3.05, 3.63) is 24.3 Å². The summed E-state index contributed by atoms with van der Waals surface area (Å²) >= 11 is 0. The van der Waals surface area contributed by atoms with Crippen LogP contribution in [0.5, 0.6) is 5.75 Å². The van der Waals surface area contributed by atoms with Gasteiger partial charge in [0.25, 0.3) is 0 Å². The maximum atomic E-state index is 12.3. The van der Waals surface area contributed by atoms with E-state index >= 15 is 0 Å². The second-order valence-electron chi connectivity index (χ2n) is 6.20. The van der Waals surface area contributed by atoms with Crippen LogP contribution in [0, 0.1) is 0 Å². The third kappa shape index (κ3) is 3.76. The lowest BCUT2D eigenvalue weighted by Gasteiger charge is -2.20. The van der Waals surface area contributed by atoms with E-state index in [0.717, 1.165) is 43.8 Å². The van der Waals surface area contributed by atoms with Crippen LogP contribution in [-0.2, 0) is 9.53 Å². The minimum atomic E-state index is -0.339. The molecule has 2 fully saturated rings. The zero-order valence-corrected chi connectivity index (χ0v) is 13.5. The van der Waals surface area contributed by atoms with Crippen LogP contribution in [0.3, 0.4) is 0 Å². The minimum Gasteiger partial charge on any atom is -0.497 e. The molecule has 0 spiro atoms. The van der Waals surface area contributed by atoms with Gasteiger partial charge < -0.3 is 25.4 Å². The number of hydrogen-bond acceptors (Lipinski definition) is 5. The first kappa shape index (κ1) is 16.1. The molecule has 0 bridgehead atoms. The number of nitrogens with zero attached hydrogens (tertiary/aromatic N) is 1. The van der Waals surface area contributed by atoms with E-state index in [1.165, 1.54) is 0 Å². The van der Waals surface area contributed by atoms with Crippen LogP contribution in [0.25, 0.3) is 0 Å². The van der Waals surface area contributed by atoms with Crippen LogP contribution < -0.4 is 20.7 Å². The summed E-state index contributed by atoms with van der Waals surface area (Å²) in [6.07, 6.45) is 2.27. The summed E-state index contributed by atoms with van der Waals surface area (Å²) in [5, 5.41) is 3.12. The van der Waals surface area contributed by atoms with Crippen LogP contribution in [0.1, 0.15) is 19.3 Å². The average molecular weight is 319 g/mol. The van der Waals surface area contributed by atoms with Crippen LogP contribution >= 0.6 is 0 Å². The molecule has 2 saturated heterocycles. The van der Waals surface area contributed by atoms with Crippen molar-refractivity contribution < 1.29 is 14.3 Å². The van der Waals surface area contributed by atoms with Gasteiger partial charge in [0.15, 0.2) is 0 Å². The van der Waals surface area contributed by atoms with E-state index in [2.05, 4.69) is 16.3 Å². The summed E-state index contributed by atoms with van der Waals surface area (Å²) in [5.74, 6) is 0.848. The molecule has 1 unspecified atom stereocenters. The third-order valence-electron chi connectivity index (χ3n) is 4.62. The quantitative estimate of drug-likeness (QED) is 0.843. The summed E-state index contributed by atoms with van der Waals surface area (Å²) in [4.78, 5) is 14.6. The molecule has 126 valence electrons. The largest absolute Gasteiger partial charge is 0.497 e. The lowest BCUT2D eigenvalue weighted by atomic mass is 10.1. The highest BCUT2D eigenvalue weighted by atomic mass is 16.5. The predicted octanol–water partition coefficient (Wildman–Crippen LogP) is 0.896. The van der Waals surface area contributed by atoms with Gasteiger partial charge in [0.05, 0.1) is 13.2 Å². The van der Waals surface area contributed by atoms with Gasteiger partial charge >= 0.3 is 0 Å². The number of amides is 1. The van der Waals surface area contributed by atoms with Crippen LogP contribution in [0.4, 0.5) is 5.69 Å². The Kier molecular flexibility index (Phi) is 5.03. The molecule has 2 aliphatic rings. The molecule has 6 nitrogen and oxygen atoms in total. The van der Waals surface area contributed by atoms with E-state index in [1.54, 1.807) is 7.11 Å². The molecule has 0 saturated carbocycles. The molecule has 1 amide bonds. The van der Waals surface area contributed by atoms with Crippen molar-refractivity contribution in [2.75, 3.05) is 31.6 Å². The molecular weight excluding hydrogens is 294 g/mol. The predicted molar refractivity (Wildman–Crippen MR) is 88.7 cm³/mol. The standard InChI is InChI=1S/C17H25N3O3/c1-22-14-4-2-3-13(9-14)20-8-7-12(11-20)19-17(21)16-6-5-15(10-18)23-16/h2-4,9,12,15-16H,5-8,10-11,18H2,1H3,(H,19,21)/t12?,15-,16+/m1/s1.